The van der Waals surface area contributed by atoms with E-state index >= 15 is 0 Å². The Kier molecular flexibility index (Phi) is 4.74. The van der Waals surface area contributed by atoms with Crippen molar-refractivity contribution in [3.05, 3.63) is 58.3 Å². The lowest BCUT2D eigenvalue weighted by Gasteiger charge is -2.17. The Morgan fingerprint density at radius 1 is 1.18 bits per heavy atom. The summed E-state index contributed by atoms with van der Waals surface area (Å²) in [5, 5.41) is 5.25. The van der Waals surface area contributed by atoms with Gasteiger partial charge in [-0.15, -0.1) is 11.3 Å². The number of thiophene rings is 1. The molecule has 1 N–H and O–H groups in total. The normalized spacial score (nSPS) is 12.5. The van der Waals surface area contributed by atoms with Crippen molar-refractivity contribution >= 4 is 11.3 Å². The van der Waals surface area contributed by atoms with Gasteiger partial charge in [0.1, 0.15) is 0 Å². The molecular formula is C14H17NOS. The highest BCUT2D eigenvalue weighted by Gasteiger charge is 2.10. The summed E-state index contributed by atoms with van der Waals surface area (Å²) in [5.41, 5.74) is 1.22. The molecule has 90 valence electrons. The van der Waals surface area contributed by atoms with Crippen LogP contribution in [0.2, 0.25) is 0 Å². The number of hydrogen-bond acceptors (Lipinski definition) is 3. The fourth-order valence-corrected chi connectivity index (χ4v) is 2.33. The maximum atomic E-state index is 5.96. The van der Waals surface area contributed by atoms with Gasteiger partial charge in [-0.3, -0.25) is 0 Å². The molecule has 2 rings (SSSR count). The summed E-state index contributed by atoms with van der Waals surface area (Å²) in [5.74, 6) is 0. The molecule has 0 amide bonds. The van der Waals surface area contributed by atoms with Crippen LogP contribution in [-0.4, -0.2) is 13.6 Å². The van der Waals surface area contributed by atoms with Crippen molar-refractivity contribution in [1.29, 1.82) is 0 Å². The van der Waals surface area contributed by atoms with E-state index < -0.39 is 0 Å². The van der Waals surface area contributed by atoms with Gasteiger partial charge in [0.25, 0.3) is 0 Å². The van der Waals surface area contributed by atoms with E-state index in [0.29, 0.717) is 6.61 Å². The maximum absolute atomic E-state index is 5.96. The van der Waals surface area contributed by atoms with Crippen LogP contribution in [0.5, 0.6) is 0 Å². The largest absolute Gasteiger partial charge is 0.367 e. The molecule has 17 heavy (non-hydrogen) atoms. The van der Waals surface area contributed by atoms with Crippen molar-refractivity contribution in [3.63, 3.8) is 0 Å². The average molecular weight is 247 g/mol. The molecule has 0 aliphatic carbocycles. The van der Waals surface area contributed by atoms with Crippen molar-refractivity contribution in [2.24, 2.45) is 0 Å². The number of hydrogen-bond donors (Lipinski definition) is 1. The number of ether oxygens (including phenoxy) is 1. The smallest absolute Gasteiger partial charge is 0.0954 e. The van der Waals surface area contributed by atoms with Crippen LogP contribution in [0.1, 0.15) is 16.5 Å². The first-order chi connectivity index (χ1) is 8.40. The van der Waals surface area contributed by atoms with Gasteiger partial charge in [-0.2, -0.15) is 0 Å². The second-order valence-electron chi connectivity index (χ2n) is 3.85. The van der Waals surface area contributed by atoms with E-state index in [2.05, 4.69) is 35.0 Å². The fourth-order valence-electron chi connectivity index (χ4n) is 1.70. The van der Waals surface area contributed by atoms with E-state index in [4.69, 9.17) is 4.74 Å². The third kappa shape index (κ3) is 3.66. The highest BCUT2D eigenvalue weighted by Crippen LogP contribution is 2.19. The van der Waals surface area contributed by atoms with Gasteiger partial charge in [0, 0.05) is 11.4 Å². The summed E-state index contributed by atoms with van der Waals surface area (Å²) < 4.78 is 5.96. The minimum absolute atomic E-state index is 0.114. The number of likely N-dealkylation sites (N-methyl/N-ethyl adjacent to an activating group) is 1. The zero-order chi connectivity index (χ0) is 11.9. The lowest BCUT2D eigenvalue weighted by Crippen LogP contribution is -2.19. The molecule has 1 unspecified atom stereocenters. The van der Waals surface area contributed by atoms with Crippen molar-refractivity contribution in [2.75, 3.05) is 13.6 Å². The molecule has 0 radical (unpaired) electrons. The SMILES string of the molecule is CNCC(OCc1cccs1)c1ccccc1. The Hall–Kier alpha value is -1.16. The van der Waals surface area contributed by atoms with Gasteiger partial charge in [-0.25, -0.2) is 0 Å². The van der Waals surface area contributed by atoms with Crippen LogP contribution in [-0.2, 0) is 11.3 Å². The second kappa shape index (κ2) is 6.55. The van der Waals surface area contributed by atoms with Gasteiger partial charge < -0.3 is 10.1 Å². The predicted octanol–water partition coefficient (Wildman–Crippen LogP) is 3.23. The van der Waals surface area contributed by atoms with E-state index in [0.717, 1.165) is 6.54 Å². The maximum Gasteiger partial charge on any atom is 0.0954 e. The molecule has 0 aliphatic heterocycles. The molecule has 1 atom stereocenters. The van der Waals surface area contributed by atoms with Gasteiger partial charge in [-0.05, 0) is 24.1 Å². The van der Waals surface area contributed by atoms with E-state index in [1.54, 1.807) is 11.3 Å². The average Bonchev–Trinajstić information content (AvgIpc) is 2.88. The minimum atomic E-state index is 0.114. The van der Waals surface area contributed by atoms with Crippen molar-refractivity contribution in [3.8, 4) is 0 Å². The molecule has 2 aromatic rings. The monoisotopic (exact) mass is 247 g/mol. The van der Waals surface area contributed by atoms with Gasteiger partial charge in [0.15, 0.2) is 0 Å². The summed E-state index contributed by atoms with van der Waals surface area (Å²) in [6, 6.07) is 14.5. The van der Waals surface area contributed by atoms with Crippen LogP contribution in [0.3, 0.4) is 0 Å². The van der Waals surface area contributed by atoms with Crippen LogP contribution in [0, 0.1) is 0 Å². The van der Waals surface area contributed by atoms with Gasteiger partial charge >= 0.3 is 0 Å². The van der Waals surface area contributed by atoms with E-state index in [9.17, 15) is 0 Å². The second-order valence-corrected chi connectivity index (χ2v) is 4.88. The molecule has 0 fully saturated rings. The Balaban J connectivity index is 1.98. The summed E-state index contributed by atoms with van der Waals surface area (Å²) in [6.07, 6.45) is 0.114. The fraction of sp³-hybridized carbons (Fsp3) is 0.286. The quantitative estimate of drug-likeness (QED) is 0.846. The first-order valence-electron chi connectivity index (χ1n) is 5.73. The zero-order valence-corrected chi connectivity index (χ0v) is 10.7. The minimum Gasteiger partial charge on any atom is -0.367 e. The number of nitrogens with one attached hydrogen (secondary N) is 1. The van der Waals surface area contributed by atoms with Crippen LogP contribution in [0.25, 0.3) is 0 Å². The third-order valence-corrected chi connectivity index (χ3v) is 3.42. The van der Waals surface area contributed by atoms with E-state index in [1.807, 2.05) is 25.2 Å². The van der Waals surface area contributed by atoms with Crippen LogP contribution < -0.4 is 5.32 Å². The number of benzene rings is 1. The zero-order valence-electron chi connectivity index (χ0n) is 9.93. The topological polar surface area (TPSA) is 21.3 Å². The molecule has 2 nitrogen and oxygen atoms in total. The molecule has 0 spiro atoms. The first-order valence-corrected chi connectivity index (χ1v) is 6.61. The lowest BCUT2D eigenvalue weighted by molar-refractivity contribution is 0.0426. The number of rotatable bonds is 6. The van der Waals surface area contributed by atoms with Crippen LogP contribution in [0.15, 0.2) is 47.8 Å². The van der Waals surface area contributed by atoms with Crippen molar-refractivity contribution in [1.82, 2.24) is 5.32 Å². The van der Waals surface area contributed by atoms with Gasteiger partial charge in [0.2, 0.25) is 0 Å². The summed E-state index contributed by atoms with van der Waals surface area (Å²) in [6.45, 7) is 1.51. The summed E-state index contributed by atoms with van der Waals surface area (Å²) in [4.78, 5) is 1.27. The Labute approximate surface area is 106 Å². The first kappa shape index (κ1) is 12.3. The third-order valence-electron chi connectivity index (χ3n) is 2.57. The molecule has 1 heterocycles. The van der Waals surface area contributed by atoms with Crippen LogP contribution >= 0.6 is 11.3 Å². The molecule has 0 saturated carbocycles. The Bertz CT molecular complexity index is 413. The van der Waals surface area contributed by atoms with E-state index in [-0.39, 0.29) is 6.10 Å². The molecule has 0 aliphatic rings. The summed E-state index contributed by atoms with van der Waals surface area (Å²) >= 11 is 1.73. The van der Waals surface area contributed by atoms with Crippen molar-refractivity contribution in [2.45, 2.75) is 12.7 Å². The molecular weight excluding hydrogens is 230 g/mol. The lowest BCUT2D eigenvalue weighted by atomic mass is 10.1. The highest BCUT2D eigenvalue weighted by atomic mass is 32.1. The van der Waals surface area contributed by atoms with Gasteiger partial charge in [0.05, 0.1) is 12.7 Å². The Morgan fingerprint density at radius 3 is 2.65 bits per heavy atom. The molecule has 1 aromatic heterocycles. The standard InChI is InChI=1S/C14H17NOS/c1-15-10-14(12-6-3-2-4-7-12)16-11-13-8-5-9-17-13/h2-9,14-15H,10-11H2,1H3. The van der Waals surface area contributed by atoms with Gasteiger partial charge in [-0.1, -0.05) is 36.4 Å². The molecule has 1 aromatic carbocycles. The van der Waals surface area contributed by atoms with Crippen molar-refractivity contribution < 1.29 is 4.74 Å². The van der Waals surface area contributed by atoms with E-state index in [1.165, 1.54) is 10.4 Å². The highest BCUT2D eigenvalue weighted by molar-refractivity contribution is 7.09. The Morgan fingerprint density at radius 2 is 2.00 bits per heavy atom. The molecule has 0 bridgehead atoms. The summed E-state index contributed by atoms with van der Waals surface area (Å²) in [7, 11) is 1.95. The predicted molar refractivity (Wildman–Crippen MR) is 72.2 cm³/mol. The van der Waals surface area contributed by atoms with Crippen LogP contribution in [0.4, 0.5) is 0 Å². The molecule has 3 heteroatoms. The molecule has 0 saturated heterocycles.